The lowest BCUT2D eigenvalue weighted by Crippen LogP contribution is -2.08. The lowest BCUT2D eigenvalue weighted by molar-refractivity contribution is -0.144. The number of ether oxygens (including phenoxy) is 1. The Labute approximate surface area is 148 Å². The Morgan fingerprint density at radius 1 is 1.12 bits per heavy atom. The summed E-state index contributed by atoms with van der Waals surface area (Å²) in [5.41, 5.74) is 1.47. The number of carbonyl (C=O) groups is 1. The molecule has 7 heteroatoms. The number of rotatable bonds is 5. The molecule has 0 radical (unpaired) electrons. The quantitative estimate of drug-likeness (QED) is 0.632. The second-order valence-electron chi connectivity index (χ2n) is 4.95. The smallest absolute Gasteiger partial charge is 0.310 e. The van der Waals surface area contributed by atoms with Gasteiger partial charge in [0.1, 0.15) is 0 Å². The van der Waals surface area contributed by atoms with Gasteiger partial charge in [-0.2, -0.15) is 4.98 Å². The summed E-state index contributed by atoms with van der Waals surface area (Å²) >= 11 is 11.8. The molecule has 0 saturated heterocycles. The summed E-state index contributed by atoms with van der Waals surface area (Å²) in [6, 6.07) is 14.3. The zero-order valence-electron chi connectivity index (χ0n) is 12.4. The predicted molar refractivity (Wildman–Crippen MR) is 89.7 cm³/mol. The maximum Gasteiger partial charge on any atom is 0.310 e. The number of aromatic nitrogens is 2. The fourth-order valence-electron chi connectivity index (χ4n) is 2.03. The van der Waals surface area contributed by atoms with Crippen LogP contribution < -0.4 is 0 Å². The third kappa shape index (κ3) is 4.13. The van der Waals surface area contributed by atoms with Gasteiger partial charge in [-0.3, -0.25) is 4.79 Å². The second kappa shape index (κ2) is 7.47. The third-order valence-electron chi connectivity index (χ3n) is 3.21. The second-order valence-corrected chi connectivity index (χ2v) is 5.79. The van der Waals surface area contributed by atoms with Crippen LogP contribution in [0.3, 0.4) is 0 Å². The molecule has 0 N–H and O–H groups in total. The van der Waals surface area contributed by atoms with Crippen molar-refractivity contribution in [3.8, 4) is 11.4 Å². The molecule has 0 saturated carbocycles. The summed E-state index contributed by atoms with van der Waals surface area (Å²) in [4.78, 5) is 16.1. The Morgan fingerprint density at radius 2 is 1.92 bits per heavy atom. The van der Waals surface area contributed by atoms with Gasteiger partial charge >= 0.3 is 5.97 Å². The fourth-order valence-corrected chi connectivity index (χ4v) is 2.51. The van der Waals surface area contributed by atoms with Crippen LogP contribution in [0.25, 0.3) is 11.4 Å². The van der Waals surface area contributed by atoms with Gasteiger partial charge in [0.15, 0.2) is 6.61 Å². The molecule has 0 aliphatic heterocycles. The van der Waals surface area contributed by atoms with E-state index in [1.165, 1.54) is 0 Å². The van der Waals surface area contributed by atoms with E-state index in [1.807, 2.05) is 30.3 Å². The van der Waals surface area contributed by atoms with E-state index in [2.05, 4.69) is 10.1 Å². The number of carbonyl (C=O) groups excluding carboxylic acids is 1. The number of nitrogens with zero attached hydrogens (tertiary/aromatic N) is 2. The van der Waals surface area contributed by atoms with Gasteiger partial charge in [0.05, 0.1) is 6.42 Å². The summed E-state index contributed by atoms with van der Waals surface area (Å²) in [5, 5.41) is 4.79. The van der Waals surface area contributed by atoms with Gasteiger partial charge in [0, 0.05) is 15.6 Å². The molecule has 122 valence electrons. The van der Waals surface area contributed by atoms with Crippen molar-refractivity contribution < 1.29 is 14.1 Å². The van der Waals surface area contributed by atoms with E-state index in [4.69, 9.17) is 32.5 Å². The Hall–Kier alpha value is -2.37. The minimum atomic E-state index is -0.446. The summed E-state index contributed by atoms with van der Waals surface area (Å²) in [6.45, 7) is -0.0934. The van der Waals surface area contributed by atoms with Crippen LogP contribution in [0.5, 0.6) is 0 Å². The molecule has 0 atom stereocenters. The van der Waals surface area contributed by atoms with Crippen LogP contribution in [0, 0.1) is 0 Å². The van der Waals surface area contributed by atoms with Crippen molar-refractivity contribution in [2.45, 2.75) is 13.0 Å². The highest BCUT2D eigenvalue weighted by Gasteiger charge is 2.13. The van der Waals surface area contributed by atoms with E-state index < -0.39 is 5.97 Å². The van der Waals surface area contributed by atoms with Crippen molar-refractivity contribution in [3.05, 3.63) is 70.0 Å². The molecule has 0 bridgehead atoms. The number of hydrogen-bond acceptors (Lipinski definition) is 5. The zero-order chi connectivity index (χ0) is 16.9. The van der Waals surface area contributed by atoms with Crippen molar-refractivity contribution >= 4 is 29.2 Å². The molecule has 3 rings (SSSR count). The van der Waals surface area contributed by atoms with Crippen LogP contribution in [-0.2, 0) is 22.6 Å². The number of benzene rings is 2. The molecular weight excluding hydrogens is 351 g/mol. The highest BCUT2D eigenvalue weighted by Crippen LogP contribution is 2.22. The molecule has 0 unspecified atom stereocenters. The summed E-state index contributed by atoms with van der Waals surface area (Å²) in [7, 11) is 0. The first kappa shape index (κ1) is 16.5. The van der Waals surface area contributed by atoms with E-state index >= 15 is 0 Å². The maximum atomic E-state index is 11.9. The van der Waals surface area contributed by atoms with E-state index in [9.17, 15) is 4.79 Å². The maximum absolute atomic E-state index is 11.9. The molecule has 1 heterocycles. The van der Waals surface area contributed by atoms with Crippen LogP contribution in [0.2, 0.25) is 10.0 Å². The number of esters is 1. The minimum Gasteiger partial charge on any atom is -0.455 e. The van der Waals surface area contributed by atoms with E-state index in [-0.39, 0.29) is 18.9 Å². The van der Waals surface area contributed by atoms with Crippen LogP contribution in [0.15, 0.2) is 53.1 Å². The van der Waals surface area contributed by atoms with E-state index in [0.29, 0.717) is 21.4 Å². The molecule has 5 nitrogen and oxygen atoms in total. The van der Waals surface area contributed by atoms with Crippen molar-refractivity contribution in [2.75, 3.05) is 0 Å². The number of halogens is 2. The highest BCUT2D eigenvalue weighted by molar-refractivity contribution is 6.35. The molecule has 0 fully saturated rings. The monoisotopic (exact) mass is 362 g/mol. The molecule has 0 spiro atoms. The van der Waals surface area contributed by atoms with Gasteiger partial charge in [-0.05, 0) is 17.7 Å². The molecule has 2 aromatic carbocycles. The van der Waals surface area contributed by atoms with Crippen LogP contribution in [0.4, 0.5) is 0 Å². The van der Waals surface area contributed by atoms with Gasteiger partial charge in [-0.25, -0.2) is 0 Å². The van der Waals surface area contributed by atoms with Crippen LogP contribution in [0.1, 0.15) is 11.5 Å². The van der Waals surface area contributed by atoms with Crippen molar-refractivity contribution in [3.63, 3.8) is 0 Å². The Bertz CT molecular complexity index is 850. The summed E-state index contributed by atoms with van der Waals surface area (Å²) < 4.78 is 10.2. The van der Waals surface area contributed by atoms with Crippen molar-refractivity contribution in [2.24, 2.45) is 0 Å². The lowest BCUT2D eigenvalue weighted by atomic mass is 10.1. The first-order chi connectivity index (χ1) is 11.6. The summed E-state index contributed by atoms with van der Waals surface area (Å²) in [6.07, 6.45) is 0.0374. The van der Waals surface area contributed by atoms with Crippen molar-refractivity contribution in [1.82, 2.24) is 10.1 Å². The molecule has 0 aliphatic rings. The average molecular weight is 363 g/mol. The highest BCUT2D eigenvalue weighted by atomic mass is 35.5. The van der Waals surface area contributed by atoms with Gasteiger partial charge in [-0.15, -0.1) is 0 Å². The van der Waals surface area contributed by atoms with Crippen molar-refractivity contribution in [1.29, 1.82) is 0 Å². The Balaban J connectivity index is 1.58. The predicted octanol–water partition coefficient (Wildman–Crippen LogP) is 4.33. The van der Waals surface area contributed by atoms with Gasteiger partial charge in [-0.1, -0.05) is 64.8 Å². The van der Waals surface area contributed by atoms with Crippen LogP contribution >= 0.6 is 23.2 Å². The molecule has 1 aromatic heterocycles. The first-order valence-electron chi connectivity index (χ1n) is 7.09. The molecule has 0 aliphatic carbocycles. The Morgan fingerprint density at radius 3 is 2.67 bits per heavy atom. The standard InChI is InChI=1S/C17H12Cl2N2O3/c18-13-7-6-12(14(19)9-13)8-16(22)23-10-15-20-17(21-24-15)11-4-2-1-3-5-11/h1-7,9H,8,10H2. The molecule has 3 aromatic rings. The van der Waals surface area contributed by atoms with Crippen LogP contribution in [-0.4, -0.2) is 16.1 Å². The van der Waals surface area contributed by atoms with E-state index in [0.717, 1.165) is 5.56 Å². The topological polar surface area (TPSA) is 65.2 Å². The molecule has 24 heavy (non-hydrogen) atoms. The largest absolute Gasteiger partial charge is 0.455 e. The fraction of sp³-hybridized carbons (Fsp3) is 0.118. The first-order valence-corrected chi connectivity index (χ1v) is 7.85. The Kier molecular flexibility index (Phi) is 5.13. The van der Waals surface area contributed by atoms with Gasteiger partial charge < -0.3 is 9.26 Å². The average Bonchev–Trinajstić information content (AvgIpc) is 3.05. The minimum absolute atomic E-state index is 0.0374. The SMILES string of the molecule is O=C(Cc1ccc(Cl)cc1Cl)OCc1nc(-c2ccccc2)no1. The zero-order valence-corrected chi connectivity index (χ0v) is 13.9. The molecule has 0 amide bonds. The third-order valence-corrected chi connectivity index (χ3v) is 3.79. The van der Waals surface area contributed by atoms with Gasteiger partial charge in [0.25, 0.3) is 5.89 Å². The number of hydrogen-bond donors (Lipinski definition) is 0. The normalized spacial score (nSPS) is 10.6. The molecular formula is C17H12Cl2N2O3. The van der Waals surface area contributed by atoms with Gasteiger partial charge in [0.2, 0.25) is 5.82 Å². The summed E-state index contributed by atoms with van der Waals surface area (Å²) in [5.74, 6) is 0.227. The van der Waals surface area contributed by atoms with E-state index in [1.54, 1.807) is 18.2 Å². The lowest BCUT2D eigenvalue weighted by Gasteiger charge is -2.04.